The molecule has 1 rings (SSSR count). The van der Waals surface area contributed by atoms with Gasteiger partial charge >= 0.3 is 6.09 Å². The molecule has 0 heterocycles. The van der Waals surface area contributed by atoms with Gasteiger partial charge in [-0.25, -0.2) is 4.79 Å². The normalized spacial score (nSPS) is 12.5. The maximum Gasteiger partial charge on any atom is 0.410 e. The second kappa shape index (κ2) is 10.2. The number of hydrogen-bond donors (Lipinski definition) is 1. The summed E-state index contributed by atoms with van der Waals surface area (Å²) < 4.78 is 15.7. The number of carbonyl (C=O) groups is 1. The molecule has 0 saturated heterocycles. The van der Waals surface area contributed by atoms with Crippen molar-refractivity contribution in [1.29, 1.82) is 0 Å². The maximum atomic E-state index is 12.5. The Kier molecular flexibility index (Phi) is 8.61. The molecule has 0 aromatic heterocycles. The molecule has 6 heteroatoms. The Hall–Kier alpha value is -1.63. The number of carbonyl (C=O) groups excluding carboxylic acids is 1. The highest BCUT2D eigenvalue weighted by molar-refractivity contribution is 5.68. The monoisotopic (exact) mass is 325 g/mol. The molecule has 0 aliphatic carbocycles. The minimum atomic E-state index is -0.577. The molecule has 130 valence electrons. The number of aliphatic hydroxyl groups is 1. The van der Waals surface area contributed by atoms with Crippen LogP contribution in [0, 0.1) is 5.92 Å². The van der Waals surface area contributed by atoms with E-state index in [1.807, 2.05) is 44.2 Å². The summed E-state index contributed by atoms with van der Waals surface area (Å²) in [4.78, 5) is 13.9. The van der Waals surface area contributed by atoms with Crippen LogP contribution in [0.1, 0.15) is 19.4 Å². The fourth-order valence-electron chi connectivity index (χ4n) is 2.22. The van der Waals surface area contributed by atoms with Gasteiger partial charge in [0.15, 0.2) is 6.29 Å². The predicted molar refractivity (Wildman–Crippen MR) is 86.9 cm³/mol. The number of benzene rings is 1. The van der Waals surface area contributed by atoms with Crippen LogP contribution < -0.4 is 0 Å². The molecule has 0 bridgehead atoms. The zero-order chi connectivity index (χ0) is 17.2. The van der Waals surface area contributed by atoms with Crippen LogP contribution in [0.5, 0.6) is 0 Å². The van der Waals surface area contributed by atoms with Crippen LogP contribution in [-0.4, -0.2) is 55.8 Å². The quantitative estimate of drug-likeness (QED) is 0.705. The van der Waals surface area contributed by atoms with Gasteiger partial charge in [0.25, 0.3) is 0 Å². The Morgan fingerprint density at radius 3 is 2.26 bits per heavy atom. The molecule has 1 amide bonds. The number of aliphatic hydroxyl groups excluding tert-OH is 1. The van der Waals surface area contributed by atoms with E-state index in [-0.39, 0.29) is 31.7 Å². The first-order valence-electron chi connectivity index (χ1n) is 7.67. The lowest BCUT2D eigenvalue weighted by atomic mass is 10.0. The van der Waals surface area contributed by atoms with Crippen molar-refractivity contribution in [3.63, 3.8) is 0 Å². The Morgan fingerprint density at radius 1 is 1.17 bits per heavy atom. The van der Waals surface area contributed by atoms with Crippen molar-refractivity contribution in [2.24, 2.45) is 5.92 Å². The zero-order valence-corrected chi connectivity index (χ0v) is 14.3. The molecular formula is C17H27NO5. The van der Waals surface area contributed by atoms with Crippen molar-refractivity contribution in [2.45, 2.75) is 32.8 Å². The highest BCUT2D eigenvalue weighted by atomic mass is 16.7. The van der Waals surface area contributed by atoms with Gasteiger partial charge in [0.1, 0.15) is 6.61 Å². The van der Waals surface area contributed by atoms with Crippen molar-refractivity contribution in [3.8, 4) is 0 Å². The standard InChI is InChI=1S/C17H27NO5/c1-13(2)15(11-19)18(10-16(21-3)22-4)17(20)23-12-14-8-6-5-7-9-14/h5-9,13,15-16,19H,10-12H2,1-4H3/t15-/m1/s1. The summed E-state index contributed by atoms with van der Waals surface area (Å²) in [6, 6.07) is 9.08. The second-order valence-corrected chi connectivity index (χ2v) is 5.59. The van der Waals surface area contributed by atoms with Crippen LogP contribution in [0.15, 0.2) is 30.3 Å². The van der Waals surface area contributed by atoms with E-state index in [9.17, 15) is 9.90 Å². The van der Waals surface area contributed by atoms with Gasteiger partial charge < -0.3 is 19.3 Å². The predicted octanol–water partition coefficient (Wildman–Crippen LogP) is 2.26. The number of nitrogens with zero attached hydrogens (tertiary/aromatic N) is 1. The summed E-state index contributed by atoms with van der Waals surface area (Å²) in [7, 11) is 3.01. The minimum Gasteiger partial charge on any atom is -0.445 e. The fourth-order valence-corrected chi connectivity index (χ4v) is 2.22. The van der Waals surface area contributed by atoms with Gasteiger partial charge in [-0.05, 0) is 11.5 Å². The number of ether oxygens (including phenoxy) is 3. The van der Waals surface area contributed by atoms with E-state index < -0.39 is 12.4 Å². The fraction of sp³-hybridized carbons (Fsp3) is 0.588. The Morgan fingerprint density at radius 2 is 1.78 bits per heavy atom. The first kappa shape index (κ1) is 19.4. The molecule has 1 N–H and O–H groups in total. The third-order valence-electron chi connectivity index (χ3n) is 3.67. The van der Waals surface area contributed by atoms with Gasteiger partial charge in [0, 0.05) is 14.2 Å². The summed E-state index contributed by atoms with van der Waals surface area (Å²) in [6.45, 7) is 4.08. The molecule has 0 aliphatic rings. The molecule has 23 heavy (non-hydrogen) atoms. The van der Waals surface area contributed by atoms with Crippen LogP contribution in [0.25, 0.3) is 0 Å². The van der Waals surface area contributed by atoms with Crippen LogP contribution in [0.4, 0.5) is 4.79 Å². The third-order valence-corrected chi connectivity index (χ3v) is 3.67. The van der Waals surface area contributed by atoms with E-state index in [4.69, 9.17) is 14.2 Å². The number of methoxy groups -OCH3 is 2. The first-order chi connectivity index (χ1) is 11.0. The summed E-state index contributed by atoms with van der Waals surface area (Å²) in [5, 5.41) is 9.63. The topological polar surface area (TPSA) is 68.2 Å². The molecule has 0 saturated carbocycles. The van der Waals surface area contributed by atoms with Gasteiger partial charge in [-0.1, -0.05) is 44.2 Å². The number of hydrogen-bond acceptors (Lipinski definition) is 5. The second-order valence-electron chi connectivity index (χ2n) is 5.59. The van der Waals surface area contributed by atoms with E-state index in [1.54, 1.807) is 0 Å². The summed E-state index contributed by atoms with van der Waals surface area (Å²) >= 11 is 0. The van der Waals surface area contributed by atoms with E-state index in [2.05, 4.69) is 0 Å². The van der Waals surface area contributed by atoms with Gasteiger partial charge in [-0.15, -0.1) is 0 Å². The maximum absolute atomic E-state index is 12.5. The number of rotatable bonds is 9. The summed E-state index contributed by atoms with van der Waals surface area (Å²) in [5.74, 6) is 0.0682. The summed E-state index contributed by atoms with van der Waals surface area (Å²) in [6.07, 6.45) is -1.08. The molecule has 6 nitrogen and oxygen atoms in total. The highest BCUT2D eigenvalue weighted by Crippen LogP contribution is 2.15. The molecule has 1 aromatic rings. The van der Waals surface area contributed by atoms with Crippen molar-refractivity contribution < 1.29 is 24.1 Å². The van der Waals surface area contributed by atoms with Crippen molar-refractivity contribution in [1.82, 2.24) is 4.90 Å². The number of amides is 1. The van der Waals surface area contributed by atoms with E-state index in [1.165, 1.54) is 19.1 Å². The van der Waals surface area contributed by atoms with Crippen LogP contribution >= 0.6 is 0 Å². The van der Waals surface area contributed by atoms with Gasteiger partial charge in [-0.3, -0.25) is 4.90 Å². The zero-order valence-electron chi connectivity index (χ0n) is 14.3. The molecule has 1 atom stereocenters. The summed E-state index contributed by atoms with van der Waals surface area (Å²) in [5.41, 5.74) is 0.904. The van der Waals surface area contributed by atoms with Gasteiger partial charge in [-0.2, -0.15) is 0 Å². The van der Waals surface area contributed by atoms with Crippen LogP contribution in [0.2, 0.25) is 0 Å². The molecule has 0 aliphatic heterocycles. The molecule has 0 unspecified atom stereocenters. The van der Waals surface area contributed by atoms with Gasteiger partial charge in [0.05, 0.1) is 19.2 Å². The third kappa shape index (κ3) is 6.17. The molecular weight excluding hydrogens is 298 g/mol. The van der Waals surface area contributed by atoms with Crippen molar-refractivity contribution >= 4 is 6.09 Å². The van der Waals surface area contributed by atoms with E-state index >= 15 is 0 Å². The smallest absolute Gasteiger partial charge is 0.410 e. The average molecular weight is 325 g/mol. The molecule has 1 aromatic carbocycles. The Bertz CT molecular complexity index is 448. The molecule has 0 radical (unpaired) electrons. The van der Waals surface area contributed by atoms with Crippen LogP contribution in [0.3, 0.4) is 0 Å². The van der Waals surface area contributed by atoms with E-state index in [0.717, 1.165) is 5.56 Å². The van der Waals surface area contributed by atoms with E-state index in [0.29, 0.717) is 0 Å². The Labute approximate surface area is 138 Å². The lowest BCUT2D eigenvalue weighted by Gasteiger charge is -2.34. The molecule has 0 fully saturated rings. The van der Waals surface area contributed by atoms with Crippen molar-refractivity contribution in [2.75, 3.05) is 27.4 Å². The molecule has 0 spiro atoms. The van der Waals surface area contributed by atoms with Crippen molar-refractivity contribution in [3.05, 3.63) is 35.9 Å². The lowest BCUT2D eigenvalue weighted by molar-refractivity contribution is -0.121. The highest BCUT2D eigenvalue weighted by Gasteiger charge is 2.29. The first-order valence-corrected chi connectivity index (χ1v) is 7.67. The lowest BCUT2D eigenvalue weighted by Crippen LogP contribution is -2.49. The minimum absolute atomic E-state index is 0.0682. The SMILES string of the molecule is COC(CN(C(=O)OCc1ccccc1)[C@H](CO)C(C)C)OC. The average Bonchev–Trinajstić information content (AvgIpc) is 2.57. The van der Waals surface area contributed by atoms with Crippen LogP contribution in [-0.2, 0) is 20.8 Å². The van der Waals surface area contributed by atoms with Gasteiger partial charge in [0.2, 0.25) is 0 Å². The largest absolute Gasteiger partial charge is 0.445 e. The Balaban J connectivity index is 2.78.